The number of ether oxygens (including phenoxy) is 2. The third-order valence-electron chi connectivity index (χ3n) is 10.7. The molecule has 1 N–H and O–H groups in total. The highest BCUT2D eigenvalue weighted by atomic mass is 35.5. The molecule has 1 aromatic heterocycles. The molecule has 1 saturated carbocycles. The first-order valence-electron chi connectivity index (χ1n) is 16.3. The number of para-hydroxylation sites is 2. The summed E-state index contributed by atoms with van der Waals surface area (Å²) in [5, 5.41) is 10.4. The Kier molecular flexibility index (Phi) is 7.59. The summed E-state index contributed by atoms with van der Waals surface area (Å²) in [6.07, 6.45) is 5.33. The van der Waals surface area contributed by atoms with E-state index in [1.165, 1.54) is 26.2 Å². The van der Waals surface area contributed by atoms with Crippen molar-refractivity contribution < 1.29 is 38.2 Å². The number of amides is 4. The summed E-state index contributed by atoms with van der Waals surface area (Å²) >= 11 is 14.5. The maximum absolute atomic E-state index is 14.4. The highest BCUT2D eigenvalue weighted by Crippen LogP contribution is 2.63. The van der Waals surface area contributed by atoms with Crippen molar-refractivity contribution >= 4 is 69.7 Å². The van der Waals surface area contributed by atoms with Crippen LogP contribution >= 0.6 is 23.2 Å². The molecule has 6 atom stereocenters. The van der Waals surface area contributed by atoms with Gasteiger partial charge >= 0.3 is 0 Å². The molecule has 2 aliphatic heterocycles. The van der Waals surface area contributed by atoms with E-state index in [1.54, 1.807) is 48.6 Å². The summed E-state index contributed by atoms with van der Waals surface area (Å²) in [5.74, 6) is -4.71. The minimum absolute atomic E-state index is 0.116. The Morgan fingerprint density at radius 2 is 1.63 bits per heavy atom. The molecule has 51 heavy (non-hydrogen) atoms. The molecule has 2 aliphatic carbocycles. The maximum atomic E-state index is 14.4. The van der Waals surface area contributed by atoms with Crippen LogP contribution in [0.15, 0.2) is 82.8 Å². The van der Waals surface area contributed by atoms with Crippen LogP contribution < -0.4 is 14.4 Å². The standard InChI is InChI=1S/C38H31Cl2N3O8/c1-42-35(47)37(39)18-24-22(25(38(37,40)36(42)48)15-8-19-16-28(49-2)31(44)29(17-19)50-3)13-14-23-30(24)34(46)43(33(23)45)21-11-9-20(10-12-21)32-41-26-6-4-5-7-27(26)51-32/h4-13,15-17,23-25,30,44H,14,18H2,1-3H3/t23-,24+,25-,30-,37+,38-/m0/s1. The zero-order chi connectivity index (χ0) is 36.0. The number of aromatic hydroxyl groups is 1. The van der Waals surface area contributed by atoms with Gasteiger partial charge in [-0.05, 0) is 72.9 Å². The van der Waals surface area contributed by atoms with Crippen molar-refractivity contribution in [3.05, 3.63) is 84.0 Å². The molecular weight excluding hydrogens is 697 g/mol. The lowest BCUT2D eigenvalue weighted by Crippen LogP contribution is -2.60. The number of hydrogen-bond acceptors (Lipinski definition) is 9. The SMILES string of the molecule is COc1cc(C=C[C@H]2C3=CC[C@@H]4C(=O)N(c5ccc(-c6nc7ccccc7o6)cc5)C(=O)[C@@H]4[C@@H]3C[C@@]3(Cl)C(=O)N(C)C(=O)[C@@]23Cl)cc(OC)c1O. The molecule has 2 saturated heterocycles. The van der Waals surface area contributed by atoms with Crippen LogP contribution in [0.5, 0.6) is 17.2 Å². The Morgan fingerprint density at radius 3 is 2.29 bits per heavy atom. The minimum Gasteiger partial charge on any atom is -0.502 e. The van der Waals surface area contributed by atoms with Gasteiger partial charge in [-0.2, -0.15) is 0 Å². The second-order valence-corrected chi connectivity index (χ2v) is 14.5. The van der Waals surface area contributed by atoms with Crippen LogP contribution in [0.1, 0.15) is 18.4 Å². The van der Waals surface area contributed by atoms with E-state index in [-0.39, 0.29) is 36.0 Å². The van der Waals surface area contributed by atoms with E-state index in [1.807, 2.05) is 30.3 Å². The lowest BCUT2D eigenvalue weighted by atomic mass is 9.57. The molecule has 11 nitrogen and oxygen atoms in total. The summed E-state index contributed by atoms with van der Waals surface area (Å²) in [6.45, 7) is 0. The number of phenols is 1. The van der Waals surface area contributed by atoms with Crippen LogP contribution in [-0.2, 0) is 19.2 Å². The average molecular weight is 729 g/mol. The van der Waals surface area contributed by atoms with E-state index in [2.05, 4.69) is 4.98 Å². The van der Waals surface area contributed by atoms with Gasteiger partial charge in [-0.1, -0.05) is 35.9 Å². The first-order valence-corrected chi connectivity index (χ1v) is 17.1. The maximum Gasteiger partial charge on any atom is 0.253 e. The number of aromatic nitrogens is 1. The number of rotatable bonds is 6. The number of likely N-dealkylation sites (tertiary alicyclic amines) is 1. The van der Waals surface area contributed by atoms with Crippen LogP contribution in [0.2, 0.25) is 0 Å². The Hall–Kier alpha value is -5.13. The molecular formula is C38H31Cl2N3O8. The van der Waals surface area contributed by atoms with Crippen molar-refractivity contribution in [3.8, 4) is 28.7 Å². The molecule has 4 aliphatic rings. The van der Waals surface area contributed by atoms with Gasteiger partial charge in [0.05, 0.1) is 31.7 Å². The molecule has 3 fully saturated rings. The number of fused-ring (bicyclic) bond motifs is 5. The Balaban J connectivity index is 1.16. The number of carbonyl (C=O) groups is 4. The molecule has 0 bridgehead atoms. The number of anilines is 1. The summed E-state index contributed by atoms with van der Waals surface area (Å²) in [6, 6.07) is 17.4. The lowest BCUT2D eigenvalue weighted by Gasteiger charge is -2.49. The van der Waals surface area contributed by atoms with Gasteiger partial charge < -0.3 is 19.0 Å². The minimum atomic E-state index is -1.91. The van der Waals surface area contributed by atoms with Crippen LogP contribution in [0.3, 0.4) is 0 Å². The Bertz CT molecular complexity index is 2170. The Labute approximate surface area is 302 Å². The number of nitrogens with zero attached hydrogens (tertiary/aromatic N) is 3. The van der Waals surface area contributed by atoms with Crippen molar-refractivity contribution in [2.75, 3.05) is 26.2 Å². The van der Waals surface area contributed by atoms with E-state index in [9.17, 15) is 24.3 Å². The number of phenolic OH excluding ortho intramolecular Hbond substituents is 1. The van der Waals surface area contributed by atoms with E-state index in [4.69, 9.17) is 37.1 Å². The molecule has 4 amide bonds. The monoisotopic (exact) mass is 727 g/mol. The topological polar surface area (TPSA) is 139 Å². The molecule has 4 aromatic rings. The van der Waals surface area contributed by atoms with E-state index >= 15 is 0 Å². The number of oxazole rings is 1. The van der Waals surface area contributed by atoms with Gasteiger partial charge in [0.25, 0.3) is 11.8 Å². The van der Waals surface area contributed by atoms with Gasteiger partial charge in [-0.25, -0.2) is 4.98 Å². The summed E-state index contributed by atoms with van der Waals surface area (Å²) in [5.41, 5.74) is 3.62. The summed E-state index contributed by atoms with van der Waals surface area (Å²) in [7, 11) is 4.15. The quantitative estimate of drug-likeness (QED) is 0.145. The van der Waals surface area contributed by atoms with Gasteiger partial charge in [0.2, 0.25) is 23.5 Å². The van der Waals surface area contributed by atoms with Crippen LogP contribution in [0.25, 0.3) is 28.6 Å². The molecule has 0 unspecified atom stereocenters. The number of hydrogen-bond donors (Lipinski definition) is 1. The number of alkyl halides is 2. The van der Waals surface area contributed by atoms with E-state index in [0.717, 1.165) is 4.90 Å². The van der Waals surface area contributed by atoms with Crippen LogP contribution in [-0.4, -0.2) is 69.6 Å². The molecule has 0 spiro atoms. The normalized spacial score (nSPS) is 28.7. The smallest absolute Gasteiger partial charge is 0.253 e. The fourth-order valence-corrected chi connectivity index (χ4v) is 9.19. The largest absolute Gasteiger partial charge is 0.502 e. The number of halogens is 2. The van der Waals surface area contributed by atoms with Crippen molar-refractivity contribution in [3.63, 3.8) is 0 Å². The third kappa shape index (κ3) is 4.60. The molecule has 3 aromatic carbocycles. The fraction of sp³-hybridized carbons (Fsp3) is 0.289. The molecule has 8 rings (SSSR count). The first kappa shape index (κ1) is 33.0. The van der Waals surface area contributed by atoms with Crippen molar-refractivity contribution in [2.24, 2.45) is 23.7 Å². The fourth-order valence-electron chi connectivity index (χ4n) is 8.21. The van der Waals surface area contributed by atoms with Gasteiger partial charge in [0.15, 0.2) is 26.8 Å². The number of carbonyl (C=O) groups excluding carboxylic acids is 4. The summed E-state index contributed by atoms with van der Waals surface area (Å²) in [4.78, 5) is 58.7. The zero-order valence-electron chi connectivity index (χ0n) is 27.6. The molecule has 0 radical (unpaired) electrons. The van der Waals surface area contributed by atoms with Crippen molar-refractivity contribution in [1.29, 1.82) is 0 Å². The zero-order valence-corrected chi connectivity index (χ0v) is 29.1. The molecule has 3 heterocycles. The van der Waals surface area contributed by atoms with Crippen LogP contribution in [0, 0.1) is 23.7 Å². The van der Waals surface area contributed by atoms with Crippen LogP contribution in [0.4, 0.5) is 5.69 Å². The second-order valence-electron chi connectivity index (χ2n) is 13.2. The van der Waals surface area contributed by atoms with E-state index in [0.29, 0.717) is 39.4 Å². The predicted octanol–water partition coefficient (Wildman–Crippen LogP) is 5.96. The number of methoxy groups -OCH3 is 2. The Morgan fingerprint density at radius 1 is 0.941 bits per heavy atom. The highest BCUT2D eigenvalue weighted by Gasteiger charge is 2.75. The lowest BCUT2D eigenvalue weighted by molar-refractivity contribution is -0.138. The van der Waals surface area contributed by atoms with E-state index < -0.39 is 51.1 Å². The number of imide groups is 2. The predicted molar refractivity (Wildman–Crippen MR) is 188 cm³/mol. The van der Waals surface area contributed by atoms with Gasteiger partial charge in [-0.3, -0.25) is 29.0 Å². The van der Waals surface area contributed by atoms with Gasteiger partial charge in [0, 0.05) is 18.5 Å². The number of benzene rings is 3. The molecule has 13 heteroatoms. The summed E-state index contributed by atoms with van der Waals surface area (Å²) < 4.78 is 16.5. The average Bonchev–Trinajstić information content (AvgIpc) is 3.72. The second kappa shape index (κ2) is 11.7. The van der Waals surface area contributed by atoms with Crippen molar-refractivity contribution in [1.82, 2.24) is 9.88 Å². The molecule has 260 valence electrons. The van der Waals surface area contributed by atoms with Crippen molar-refractivity contribution in [2.45, 2.75) is 22.6 Å². The number of allylic oxidation sites excluding steroid dienone is 3. The third-order valence-corrected chi connectivity index (χ3v) is 12.2. The highest BCUT2D eigenvalue weighted by molar-refractivity contribution is 6.53. The van der Waals surface area contributed by atoms with Gasteiger partial charge in [0.1, 0.15) is 5.52 Å². The van der Waals surface area contributed by atoms with Gasteiger partial charge in [-0.15, -0.1) is 23.2 Å². The first-order chi connectivity index (χ1) is 24.4.